The number of benzene rings is 1. The van der Waals surface area contributed by atoms with Crippen LogP contribution in [0.25, 0.3) is 0 Å². The van der Waals surface area contributed by atoms with Crippen LogP contribution in [0.1, 0.15) is 30.5 Å². The van der Waals surface area contributed by atoms with Crippen molar-refractivity contribution in [3.05, 3.63) is 41.6 Å². The summed E-state index contributed by atoms with van der Waals surface area (Å²) in [5.41, 5.74) is 2.19. The molecule has 0 amide bonds. The molecule has 1 aromatic heterocycles. The summed E-state index contributed by atoms with van der Waals surface area (Å²) in [6, 6.07) is 10.8. The number of hydrogen-bond donors (Lipinski definition) is 1. The molecule has 2 fully saturated rings. The Hall–Kier alpha value is -1.85. The molecular weight excluding hydrogens is 312 g/mol. The zero-order valence-electron chi connectivity index (χ0n) is 15.2. The minimum atomic E-state index is 0.774. The highest BCUT2D eigenvalue weighted by atomic mass is 16.5. The smallest absolute Gasteiger partial charge is 0.222 e. The van der Waals surface area contributed by atoms with Crippen molar-refractivity contribution >= 4 is 0 Å². The number of rotatable bonds is 7. The fraction of sp³-hybridized carbons (Fsp3) is 0.550. The molecule has 1 atom stereocenters. The Morgan fingerprint density at radius 1 is 1.20 bits per heavy atom. The van der Waals surface area contributed by atoms with Crippen molar-refractivity contribution in [2.45, 2.75) is 38.8 Å². The van der Waals surface area contributed by atoms with E-state index < -0.39 is 0 Å². The lowest BCUT2D eigenvalue weighted by molar-refractivity contribution is 0.311. The number of likely N-dealkylation sites (tertiary alicyclic amines) is 1. The second-order valence-electron chi connectivity index (χ2n) is 7.42. The van der Waals surface area contributed by atoms with E-state index in [1.54, 1.807) is 0 Å². The molecule has 4 rings (SSSR count). The summed E-state index contributed by atoms with van der Waals surface area (Å²) in [7, 11) is 1.94. The van der Waals surface area contributed by atoms with Crippen molar-refractivity contribution in [1.29, 1.82) is 0 Å². The molecule has 1 saturated carbocycles. The van der Waals surface area contributed by atoms with Gasteiger partial charge in [0.2, 0.25) is 5.88 Å². The predicted molar refractivity (Wildman–Crippen MR) is 98.9 cm³/mol. The molecule has 25 heavy (non-hydrogen) atoms. The number of hydrogen-bond acceptors (Lipinski definition) is 4. The van der Waals surface area contributed by atoms with Gasteiger partial charge in [0.05, 0.1) is 11.3 Å². The van der Waals surface area contributed by atoms with Crippen molar-refractivity contribution in [3.63, 3.8) is 0 Å². The van der Waals surface area contributed by atoms with Crippen molar-refractivity contribution in [1.82, 2.24) is 20.0 Å². The summed E-state index contributed by atoms with van der Waals surface area (Å²) in [5, 5.41) is 8.19. The van der Waals surface area contributed by atoms with Crippen molar-refractivity contribution in [2.24, 2.45) is 13.0 Å². The van der Waals surface area contributed by atoms with E-state index in [1.165, 1.54) is 32.4 Å². The normalized spacial score (nSPS) is 21.0. The molecule has 5 nitrogen and oxygen atoms in total. The lowest BCUT2D eigenvalue weighted by Crippen LogP contribution is -2.27. The number of ether oxygens (including phenoxy) is 1. The maximum absolute atomic E-state index is 6.09. The van der Waals surface area contributed by atoms with E-state index in [0.717, 1.165) is 47.9 Å². The summed E-state index contributed by atoms with van der Waals surface area (Å²) >= 11 is 0. The van der Waals surface area contributed by atoms with Gasteiger partial charge in [0.1, 0.15) is 5.75 Å². The fourth-order valence-corrected chi connectivity index (χ4v) is 3.81. The van der Waals surface area contributed by atoms with E-state index in [4.69, 9.17) is 4.74 Å². The zero-order chi connectivity index (χ0) is 17.2. The lowest BCUT2D eigenvalue weighted by atomic mass is 10.1. The van der Waals surface area contributed by atoms with Crippen LogP contribution in [0.5, 0.6) is 11.6 Å². The van der Waals surface area contributed by atoms with Gasteiger partial charge in [-0.25, -0.2) is 4.68 Å². The monoisotopic (exact) mass is 340 g/mol. The first-order chi connectivity index (χ1) is 12.2. The van der Waals surface area contributed by atoms with E-state index in [1.807, 2.05) is 42.1 Å². The number of nitrogens with one attached hydrogen (secondary N) is 1. The van der Waals surface area contributed by atoms with Gasteiger partial charge >= 0.3 is 0 Å². The number of aryl methyl sites for hydroxylation is 2. The summed E-state index contributed by atoms with van der Waals surface area (Å²) in [5.74, 6) is 2.46. The molecule has 2 aliphatic rings. The first-order valence-electron chi connectivity index (χ1n) is 9.41. The zero-order valence-corrected chi connectivity index (χ0v) is 15.2. The van der Waals surface area contributed by atoms with E-state index in [0.29, 0.717) is 0 Å². The van der Waals surface area contributed by atoms with Gasteiger partial charge < -0.3 is 15.0 Å². The minimum absolute atomic E-state index is 0.774. The summed E-state index contributed by atoms with van der Waals surface area (Å²) in [6.45, 7) is 6.48. The molecule has 2 aromatic rings. The third-order valence-electron chi connectivity index (χ3n) is 5.36. The summed E-state index contributed by atoms with van der Waals surface area (Å²) in [6.07, 6.45) is 4.15. The van der Waals surface area contributed by atoms with E-state index in [-0.39, 0.29) is 0 Å². The van der Waals surface area contributed by atoms with Gasteiger partial charge in [0.15, 0.2) is 0 Å². The average Bonchev–Trinajstić information content (AvgIpc) is 3.30. The average molecular weight is 340 g/mol. The molecule has 5 heteroatoms. The van der Waals surface area contributed by atoms with E-state index in [2.05, 4.69) is 22.2 Å². The van der Waals surface area contributed by atoms with E-state index >= 15 is 0 Å². The van der Waals surface area contributed by atoms with Crippen molar-refractivity contribution < 1.29 is 4.74 Å². The third-order valence-corrected chi connectivity index (χ3v) is 5.36. The maximum atomic E-state index is 6.09. The molecule has 1 unspecified atom stereocenters. The van der Waals surface area contributed by atoms with Gasteiger partial charge in [-0.3, -0.25) is 0 Å². The van der Waals surface area contributed by atoms with Crippen LogP contribution in [0.4, 0.5) is 0 Å². The van der Waals surface area contributed by atoms with Gasteiger partial charge in [0, 0.05) is 26.2 Å². The standard InChI is InChI=1S/C20H28N4O/c1-15-19(13-21-12-16-10-11-24(14-16)17-8-9-17)20(23(2)22-15)25-18-6-4-3-5-7-18/h3-7,16-17,21H,8-14H2,1-2H3. The second-order valence-corrected chi connectivity index (χ2v) is 7.42. The van der Waals surface area contributed by atoms with Crippen LogP contribution in [-0.2, 0) is 13.6 Å². The molecule has 1 saturated heterocycles. The molecular formula is C20H28N4O. The minimum Gasteiger partial charge on any atom is -0.439 e. The van der Waals surface area contributed by atoms with Gasteiger partial charge in [0.25, 0.3) is 0 Å². The quantitative estimate of drug-likeness (QED) is 0.841. The van der Waals surface area contributed by atoms with Gasteiger partial charge in [-0.2, -0.15) is 5.10 Å². The SMILES string of the molecule is Cc1nn(C)c(Oc2ccccc2)c1CNCC1CCN(C2CC2)C1. The van der Waals surface area contributed by atoms with Gasteiger partial charge in [-0.1, -0.05) is 18.2 Å². The highest BCUT2D eigenvalue weighted by Gasteiger charge is 2.34. The molecule has 1 aliphatic carbocycles. The maximum Gasteiger partial charge on any atom is 0.222 e. The van der Waals surface area contributed by atoms with Gasteiger partial charge in [-0.05, 0) is 57.3 Å². The number of nitrogens with zero attached hydrogens (tertiary/aromatic N) is 3. The van der Waals surface area contributed by atoms with Crippen LogP contribution in [0.3, 0.4) is 0 Å². The van der Waals surface area contributed by atoms with Crippen molar-refractivity contribution in [2.75, 3.05) is 19.6 Å². The molecule has 0 spiro atoms. The second kappa shape index (κ2) is 7.18. The Morgan fingerprint density at radius 3 is 2.76 bits per heavy atom. The summed E-state index contributed by atoms with van der Waals surface area (Å²) in [4.78, 5) is 2.67. The number of aromatic nitrogens is 2. The Labute approximate surface area is 150 Å². The Balaban J connectivity index is 1.35. The summed E-state index contributed by atoms with van der Waals surface area (Å²) < 4.78 is 7.93. The third kappa shape index (κ3) is 3.88. The van der Waals surface area contributed by atoms with Crippen LogP contribution >= 0.6 is 0 Å². The Bertz CT molecular complexity index is 708. The molecule has 134 valence electrons. The Morgan fingerprint density at radius 2 is 2.00 bits per heavy atom. The fourth-order valence-electron chi connectivity index (χ4n) is 3.81. The predicted octanol–water partition coefficient (Wildman–Crippen LogP) is 3.09. The van der Waals surface area contributed by atoms with Gasteiger partial charge in [-0.15, -0.1) is 0 Å². The van der Waals surface area contributed by atoms with Crippen LogP contribution in [0.15, 0.2) is 30.3 Å². The van der Waals surface area contributed by atoms with E-state index in [9.17, 15) is 0 Å². The Kier molecular flexibility index (Phi) is 4.77. The topological polar surface area (TPSA) is 42.3 Å². The highest BCUT2D eigenvalue weighted by Crippen LogP contribution is 2.31. The molecule has 2 heterocycles. The number of para-hydroxylation sites is 1. The van der Waals surface area contributed by atoms with Crippen molar-refractivity contribution in [3.8, 4) is 11.6 Å². The molecule has 1 N–H and O–H groups in total. The largest absolute Gasteiger partial charge is 0.439 e. The first-order valence-corrected chi connectivity index (χ1v) is 9.41. The molecule has 0 bridgehead atoms. The molecule has 1 aliphatic heterocycles. The lowest BCUT2D eigenvalue weighted by Gasteiger charge is -2.15. The molecule has 1 aromatic carbocycles. The van der Waals surface area contributed by atoms with Crippen LogP contribution < -0.4 is 10.1 Å². The molecule has 0 radical (unpaired) electrons. The van der Waals surface area contributed by atoms with Crippen LogP contribution in [-0.4, -0.2) is 40.4 Å². The highest BCUT2D eigenvalue weighted by molar-refractivity contribution is 5.35. The van der Waals surface area contributed by atoms with Crippen LogP contribution in [0, 0.1) is 12.8 Å². The first kappa shape index (κ1) is 16.6. The van der Waals surface area contributed by atoms with Crippen LogP contribution in [0.2, 0.25) is 0 Å².